The van der Waals surface area contributed by atoms with Crippen molar-refractivity contribution in [2.24, 2.45) is 0 Å². The van der Waals surface area contributed by atoms with E-state index in [2.05, 4.69) is 10.0 Å². The topological polar surface area (TPSA) is 84.5 Å². The van der Waals surface area contributed by atoms with Crippen LogP contribution in [-0.4, -0.2) is 33.6 Å². The Kier molecular flexibility index (Phi) is 6.26. The molecular weight excluding hydrogens is 364 g/mol. The Bertz CT molecular complexity index is 891. The number of sulfonamides is 1. The highest BCUT2D eigenvalue weighted by Crippen LogP contribution is 2.17. The van der Waals surface area contributed by atoms with Gasteiger partial charge in [0.05, 0.1) is 11.0 Å². The highest BCUT2D eigenvalue weighted by Gasteiger charge is 2.20. The molecule has 27 heavy (non-hydrogen) atoms. The van der Waals surface area contributed by atoms with Gasteiger partial charge in [-0.25, -0.2) is 13.1 Å². The van der Waals surface area contributed by atoms with Crippen molar-refractivity contribution < 1.29 is 17.9 Å². The Morgan fingerprint density at radius 2 is 1.96 bits per heavy atom. The smallest absolute Gasteiger partial charge is 0.251 e. The fourth-order valence-electron chi connectivity index (χ4n) is 2.98. The molecule has 7 heteroatoms. The van der Waals surface area contributed by atoms with E-state index in [-0.39, 0.29) is 23.5 Å². The zero-order valence-corrected chi connectivity index (χ0v) is 16.1. The molecule has 1 heterocycles. The van der Waals surface area contributed by atoms with Crippen LogP contribution < -0.4 is 10.0 Å². The fourth-order valence-corrected chi connectivity index (χ4v) is 4.02. The lowest BCUT2D eigenvalue weighted by Crippen LogP contribution is -2.32. The highest BCUT2D eigenvalue weighted by atomic mass is 32.2. The van der Waals surface area contributed by atoms with Crippen LogP contribution in [0.5, 0.6) is 0 Å². The first-order valence-corrected chi connectivity index (χ1v) is 10.5. The number of amides is 1. The second-order valence-electron chi connectivity index (χ2n) is 6.63. The van der Waals surface area contributed by atoms with Gasteiger partial charge >= 0.3 is 0 Å². The predicted octanol–water partition coefficient (Wildman–Crippen LogP) is 2.38. The monoisotopic (exact) mass is 388 g/mol. The van der Waals surface area contributed by atoms with Gasteiger partial charge in [0.1, 0.15) is 0 Å². The van der Waals surface area contributed by atoms with E-state index in [1.54, 1.807) is 13.0 Å². The van der Waals surface area contributed by atoms with E-state index in [4.69, 9.17) is 4.74 Å². The summed E-state index contributed by atoms with van der Waals surface area (Å²) in [5.41, 5.74) is 1.94. The van der Waals surface area contributed by atoms with Crippen LogP contribution in [0.25, 0.3) is 0 Å². The number of benzene rings is 2. The van der Waals surface area contributed by atoms with Crippen molar-refractivity contribution in [3.8, 4) is 0 Å². The molecule has 0 bridgehead atoms. The van der Waals surface area contributed by atoms with Gasteiger partial charge in [-0.2, -0.15) is 0 Å². The minimum Gasteiger partial charge on any atom is -0.376 e. The van der Waals surface area contributed by atoms with Gasteiger partial charge in [0, 0.05) is 25.3 Å². The van der Waals surface area contributed by atoms with Crippen molar-refractivity contribution in [3.05, 3.63) is 65.2 Å². The van der Waals surface area contributed by atoms with Crippen molar-refractivity contribution in [2.75, 3.05) is 13.2 Å². The van der Waals surface area contributed by atoms with E-state index in [1.165, 1.54) is 12.1 Å². The lowest BCUT2D eigenvalue weighted by atomic mass is 10.1. The number of hydrogen-bond donors (Lipinski definition) is 2. The van der Waals surface area contributed by atoms with Gasteiger partial charge in [-0.1, -0.05) is 36.4 Å². The normalized spacial score (nSPS) is 17.0. The fraction of sp³-hybridized carbons (Fsp3) is 0.350. The summed E-state index contributed by atoms with van der Waals surface area (Å²) < 4.78 is 33.3. The molecule has 0 unspecified atom stereocenters. The van der Waals surface area contributed by atoms with Gasteiger partial charge in [-0.15, -0.1) is 0 Å². The lowest BCUT2D eigenvalue weighted by Gasteiger charge is -2.13. The number of hydrogen-bond acceptors (Lipinski definition) is 4. The first kappa shape index (κ1) is 19.5. The zero-order valence-electron chi connectivity index (χ0n) is 15.3. The molecule has 1 aliphatic heterocycles. The van der Waals surface area contributed by atoms with Crippen LogP contribution in [0.1, 0.15) is 34.3 Å². The maximum absolute atomic E-state index is 12.6. The lowest BCUT2D eigenvalue weighted by molar-refractivity contribution is 0.0857. The first-order valence-electron chi connectivity index (χ1n) is 9.00. The molecule has 1 fully saturated rings. The van der Waals surface area contributed by atoms with Crippen LogP contribution in [-0.2, 0) is 21.3 Å². The largest absolute Gasteiger partial charge is 0.376 e. The van der Waals surface area contributed by atoms with Crippen molar-refractivity contribution in [1.29, 1.82) is 0 Å². The molecule has 2 aromatic carbocycles. The number of ether oxygens (including phenoxy) is 1. The van der Waals surface area contributed by atoms with Gasteiger partial charge in [0.25, 0.3) is 5.91 Å². The molecule has 144 valence electrons. The van der Waals surface area contributed by atoms with Gasteiger partial charge in [-0.05, 0) is 43.0 Å². The molecule has 0 aliphatic carbocycles. The van der Waals surface area contributed by atoms with Crippen molar-refractivity contribution in [3.63, 3.8) is 0 Å². The van der Waals surface area contributed by atoms with Gasteiger partial charge in [-0.3, -0.25) is 4.79 Å². The van der Waals surface area contributed by atoms with Crippen LogP contribution in [0, 0.1) is 6.92 Å². The summed E-state index contributed by atoms with van der Waals surface area (Å²) >= 11 is 0. The maximum atomic E-state index is 12.6. The SMILES string of the molecule is Cc1ccc(S(=O)(=O)NCc2ccccc2)cc1C(=O)NC[C@@H]1CCCO1. The molecule has 0 spiro atoms. The maximum Gasteiger partial charge on any atom is 0.251 e. The summed E-state index contributed by atoms with van der Waals surface area (Å²) in [6, 6.07) is 13.9. The molecule has 6 nitrogen and oxygen atoms in total. The summed E-state index contributed by atoms with van der Waals surface area (Å²) in [6.07, 6.45) is 1.96. The Balaban J connectivity index is 1.70. The predicted molar refractivity (Wildman–Crippen MR) is 103 cm³/mol. The van der Waals surface area contributed by atoms with E-state index in [0.717, 1.165) is 30.6 Å². The molecular formula is C20H24N2O4S. The molecule has 2 aromatic rings. The summed E-state index contributed by atoms with van der Waals surface area (Å²) in [5, 5.41) is 2.84. The van der Waals surface area contributed by atoms with Crippen LogP contribution in [0.15, 0.2) is 53.4 Å². The summed E-state index contributed by atoms with van der Waals surface area (Å²) in [4.78, 5) is 12.6. The summed E-state index contributed by atoms with van der Waals surface area (Å²) in [6.45, 7) is 3.13. The second-order valence-corrected chi connectivity index (χ2v) is 8.40. The Morgan fingerprint density at radius 1 is 1.19 bits per heavy atom. The molecule has 1 saturated heterocycles. The molecule has 0 saturated carbocycles. The molecule has 0 radical (unpaired) electrons. The van der Waals surface area contributed by atoms with E-state index in [0.29, 0.717) is 12.1 Å². The zero-order chi connectivity index (χ0) is 19.3. The number of aryl methyl sites for hydroxylation is 1. The third kappa shape index (κ3) is 5.15. The summed E-state index contributed by atoms with van der Waals surface area (Å²) in [7, 11) is -3.72. The van der Waals surface area contributed by atoms with E-state index in [9.17, 15) is 13.2 Å². The molecule has 1 aliphatic rings. The Morgan fingerprint density at radius 3 is 2.67 bits per heavy atom. The average molecular weight is 388 g/mol. The highest BCUT2D eigenvalue weighted by molar-refractivity contribution is 7.89. The molecule has 0 aromatic heterocycles. The van der Waals surface area contributed by atoms with Gasteiger partial charge in [0.15, 0.2) is 0 Å². The number of carbonyl (C=O) groups is 1. The molecule has 2 N–H and O–H groups in total. The Labute approximate surface area is 160 Å². The van der Waals surface area contributed by atoms with E-state index < -0.39 is 10.0 Å². The van der Waals surface area contributed by atoms with Crippen LogP contribution in [0.3, 0.4) is 0 Å². The second kappa shape index (κ2) is 8.65. The molecule has 3 rings (SSSR count). The number of nitrogens with one attached hydrogen (secondary N) is 2. The van der Waals surface area contributed by atoms with Crippen molar-refractivity contribution in [1.82, 2.24) is 10.0 Å². The quantitative estimate of drug-likeness (QED) is 0.763. The van der Waals surface area contributed by atoms with Crippen LogP contribution >= 0.6 is 0 Å². The minimum atomic E-state index is -3.72. The van der Waals surface area contributed by atoms with E-state index >= 15 is 0 Å². The van der Waals surface area contributed by atoms with Crippen LogP contribution in [0.4, 0.5) is 0 Å². The van der Waals surface area contributed by atoms with Gasteiger partial charge < -0.3 is 10.1 Å². The molecule has 1 atom stereocenters. The standard InChI is InChI=1S/C20H24N2O4S/c1-15-9-10-18(27(24,25)22-13-16-6-3-2-4-7-16)12-19(15)20(23)21-14-17-8-5-11-26-17/h2-4,6-7,9-10,12,17,22H,5,8,11,13-14H2,1H3,(H,21,23)/t17-/m0/s1. The minimum absolute atomic E-state index is 0.0358. The van der Waals surface area contributed by atoms with E-state index in [1.807, 2.05) is 30.3 Å². The average Bonchev–Trinajstić information content (AvgIpc) is 3.19. The third-order valence-corrected chi connectivity index (χ3v) is 5.99. The summed E-state index contributed by atoms with van der Waals surface area (Å²) in [5.74, 6) is -0.289. The third-order valence-electron chi connectivity index (χ3n) is 4.59. The Hall–Kier alpha value is -2.22. The van der Waals surface area contributed by atoms with Crippen molar-refractivity contribution >= 4 is 15.9 Å². The van der Waals surface area contributed by atoms with Crippen LogP contribution in [0.2, 0.25) is 0 Å². The number of rotatable bonds is 7. The van der Waals surface area contributed by atoms with Gasteiger partial charge in [0.2, 0.25) is 10.0 Å². The van der Waals surface area contributed by atoms with Crippen molar-refractivity contribution in [2.45, 2.75) is 37.3 Å². The molecule has 1 amide bonds. The number of carbonyl (C=O) groups excluding carboxylic acids is 1. The first-order chi connectivity index (χ1) is 13.0.